The van der Waals surface area contributed by atoms with Crippen LogP contribution in [0.3, 0.4) is 0 Å². The van der Waals surface area contributed by atoms with Crippen molar-refractivity contribution in [1.29, 1.82) is 0 Å². The van der Waals surface area contributed by atoms with Crippen LogP contribution >= 0.6 is 0 Å². The Morgan fingerprint density at radius 3 is 2.42 bits per heavy atom. The molecule has 2 heteroatoms. The van der Waals surface area contributed by atoms with Crippen LogP contribution in [0.15, 0.2) is 24.3 Å². The van der Waals surface area contributed by atoms with E-state index < -0.39 is 5.60 Å². The van der Waals surface area contributed by atoms with E-state index in [0.29, 0.717) is 12.5 Å². The summed E-state index contributed by atoms with van der Waals surface area (Å²) in [5.74, 6) is 1.35. The number of benzene rings is 1. The standard InChI is InChI=1S/C17H27NO/c1-13(2)10-17(3,19)12-18-11-14-4-6-15(7-5-14)16-8-9-16/h4-7,13,16,18-19H,8-12H2,1-3H3. The molecule has 0 saturated heterocycles. The van der Waals surface area contributed by atoms with E-state index in [0.717, 1.165) is 18.9 Å². The molecule has 1 fully saturated rings. The number of rotatable bonds is 7. The van der Waals surface area contributed by atoms with E-state index in [2.05, 4.69) is 43.4 Å². The molecule has 1 atom stereocenters. The Morgan fingerprint density at radius 1 is 1.26 bits per heavy atom. The quantitative estimate of drug-likeness (QED) is 0.788. The molecule has 19 heavy (non-hydrogen) atoms. The van der Waals surface area contributed by atoms with Crippen LogP contribution in [0.25, 0.3) is 0 Å². The monoisotopic (exact) mass is 261 g/mol. The van der Waals surface area contributed by atoms with Crippen LogP contribution in [0.1, 0.15) is 57.1 Å². The van der Waals surface area contributed by atoms with E-state index in [1.165, 1.54) is 24.0 Å². The molecule has 0 aliphatic heterocycles. The van der Waals surface area contributed by atoms with Gasteiger partial charge in [-0.3, -0.25) is 0 Å². The van der Waals surface area contributed by atoms with Gasteiger partial charge in [-0.15, -0.1) is 0 Å². The minimum Gasteiger partial charge on any atom is -0.389 e. The molecule has 0 spiro atoms. The van der Waals surface area contributed by atoms with Crippen LogP contribution in [0.2, 0.25) is 0 Å². The highest BCUT2D eigenvalue weighted by atomic mass is 16.3. The van der Waals surface area contributed by atoms with Gasteiger partial charge in [0.05, 0.1) is 5.60 Å². The summed E-state index contributed by atoms with van der Waals surface area (Å²) in [6, 6.07) is 8.91. The number of hydrogen-bond acceptors (Lipinski definition) is 2. The molecule has 0 radical (unpaired) electrons. The van der Waals surface area contributed by atoms with Gasteiger partial charge in [0.2, 0.25) is 0 Å². The SMILES string of the molecule is CC(C)CC(C)(O)CNCc1ccc(C2CC2)cc1. The smallest absolute Gasteiger partial charge is 0.0746 e. The topological polar surface area (TPSA) is 32.3 Å². The maximum absolute atomic E-state index is 10.2. The maximum atomic E-state index is 10.2. The van der Waals surface area contributed by atoms with Crippen molar-refractivity contribution >= 4 is 0 Å². The molecule has 0 heterocycles. The van der Waals surface area contributed by atoms with Gasteiger partial charge in [-0.05, 0) is 49.1 Å². The molecular formula is C17H27NO. The van der Waals surface area contributed by atoms with Crippen molar-refractivity contribution in [2.45, 2.75) is 58.1 Å². The third-order valence-electron chi connectivity index (χ3n) is 3.71. The molecule has 106 valence electrons. The molecule has 1 aliphatic carbocycles. The second kappa shape index (κ2) is 6.06. The Bertz CT molecular complexity index is 390. The molecule has 0 aromatic heterocycles. The number of aliphatic hydroxyl groups is 1. The van der Waals surface area contributed by atoms with Crippen molar-refractivity contribution in [2.24, 2.45) is 5.92 Å². The zero-order valence-electron chi connectivity index (χ0n) is 12.4. The van der Waals surface area contributed by atoms with E-state index >= 15 is 0 Å². The molecule has 1 aliphatic rings. The Labute approximate surface area is 117 Å². The van der Waals surface area contributed by atoms with E-state index in [1.54, 1.807) is 0 Å². The predicted molar refractivity (Wildman–Crippen MR) is 80.2 cm³/mol. The molecule has 1 saturated carbocycles. The van der Waals surface area contributed by atoms with Gasteiger partial charge in [-0.2, -0.15) is 0 Å². The maximum Gasteiger partial charge on any atom is 0.0746 e. The van der Waals surface area contributed by atoms with Crippen molar-refractivity contribution < 1.29 is 5.11 Å². The minimum absolute atomic E-state index is 0.523. The lowest BCUT2D eigenvalue weighted by Crippen LogP contribution is -2.38. The van der Waals surface area contributed by atoms with Crippen molar-refractivity contribution in [1.82, 2.24) is 5.32 Å². The molecule has 1 unspecified atom stereocenters. The van der Waals surface area contributed by atoms with Gasteiger partial charge in [0.25, 0.3) is 0 Å². The van der Waals surface area contributed by atoms with Crippen LogP contribution in [0, 0.1) is 5.92 Å². The summed E-state index contributed by atoms with van der Waals surface area (Å²) >= 11 is 0. The Hall–Kier alpha value is -0.860. The average Bonchev–Trinajstić information content (AvgIpc) is 3.11. The van der Waals surface area contributed by atoms with E-state index in [1.807, 2.05) is 6.92 Å². The molecule has 1 aromatic carbocycles. The predicted octanol–water partition coefficient (Wildman–Crippen LogP) is 3.45. The summed E-state index contributed by atoms with van der Waals surface area (Å²) in [6.45, 7) is 7.68. The van der Waals surface area contributed by atoms with E-state index in [4.69, 9.17) is 0 Å². The average molecular weight is 261 g/mol. The van der Waals surface area contributed by atoms with Gasteiger partial charge in [0.1, 0.15) is 0 Å². The lowest BCUT2D eigenvalue weighted by Gasteiger charge is -2.25. The summed E-state index contributed by atoms with van der Waals surface area (Å²) in [6.07, 6.45) is 3.55. The second-order valence-electron chi connectivity index (χ2n) is 6.71. The fourth-order valence-corrected chi connectivity index (χ4v) is 2.75. The summed E-state index contributed by atoms with van der Waals surface area (Å²) in [5, 5.41) is 13.6. The van der Waals surface area contributed by atoms with Crippen molar-refractivity contribution in [3.8, 4) is 0 Å². The van der Waals surface area contributed by atoms with Gasteiger partial charge in [0, 0.05) is 13.1 Å². The zero-order valence-corrected chi connectivity index (χ0v) is 12.4. The molecule has 2 N–H and O–H groups in total. The van der Waals surface area contributed by atoms with E-state index in [-0.39, 0.29) is 0 Å². The van der Waals surface area contributed by atoms with Crippen molar-refractivity contribution in [3.05, 3.63) is 35.4 Å². The lowest BCUT2D eigenvalue weighted by atomic mass is 9.94. The van der Waals surface area contributed by atoms with Gasteiger partial charge in [0.15, 0.2) is 0 Å². The highest BCUT2D eigenvalue weighted by molar-refractivity contribution is 5.27. The summed E-state index contributed by atoms with van der Waals surface area (Å²) in [7, 11) is 0. The van der Waals surface area contributed by atoms with Gasteiger partial charge in [-0.1, -0.05) is 38.1 Å². The van der Waals surface area contributed by atoms with Crippen LogP contribution in [0.4, 0.5) is 0 Å². The molecule has 0 bridgehead atoms. The van der Waals surface area contributed by atoms with E-state index in [9.17, 15) is 5.11 Å². The summed E-state index contributed by atoms with van der Waals surface area (Å²) in [5.41, 5.74) is 2.17. The van der Waals surface area contributed by atoms with Crippen LogP contribution < -0.4 is 5.32 Å². The molecule has 2 nitrogen and oxygen atoms in total. The zero-order chi connectivity index (χ0) is 13.9. The first-order valence-corrected chi connectivity index (χ1v) is 7.48. The fraction of sp³-hybridized carbons (Fsp3) is 0.647. The first kappa shape index (κ1) is 14.5. The normalized spacial score (nSPS) is 18.6. The highest BCUT2D eigenvalue weighted by Gasteiger charge is 2.23. The third kappa shape index (κ3) is 4.96. The Balaban J connectivity index is 1.75. The van der Waals surface area contributed by atoms with Crippen LogP contribution in [-0.4, -0.2) is 17.3 Å². The molecular weight excluding hydrogens is 234 g/mol. The third-order valence-corrected chi connectivity index (χ3v) is 3.71. The van der Waals surface area contributed by atoms with Crippen molar-refractivity contribution in [2.75, 3.05) is 6.54 Å². The summed E-state index contributed by atoms with van der Waals surface area (Å²) < 4.78 is 0. The highest BCUT2D eigenvalue weighted by Crippen LogP contribution is 2.39. The molecule has 1 aromatic rings. The first-order valence-electron chi connectivity index (χ1n) is 7.48. The van der Waals surface area contributed by atoms with Crippen LogP contribution in [0.5, 0.6) is 0 Å². The number of nitrogens with one attached hydrogen (secondary N) is 1. The van der Waals surface area contributed by atoms with Gasteiger partial charge in [-0.25, -0.2) is 0 Å². The molecule has 2 rings (SSSR count). The Kier molecular flexibility index (Phi) is 4.64. The van der Waals surface area contributed by atoms with Crippen LogP contribution in [-0.2, 0) is 6.54 Å². The Morgan fingerprint density at radius 2 is 1.89 bits per heavy atom. The lowest BCUT2D eigenvalue weighted by molar-refractivity contribution is 0.0383. The van der Waals surface area contributed by atoms with Gasteiger partial charge < -0.3 is 10.4 Å². The number of hydrogen-bond donors (Lipinski definition) is 2. The largest absolute Gasteiger partial charge is 0.389 e. The molecule has 0 amide bonds. The fourth-order valence-electron chi connectivity index (χ4n) is 2.75. The minimum atomic E-state index is -0.609. The van der Waals surface area contributed by atoms with Crippen molar-refractivity contribution in [3.63, 3.8) is 0 Å². The first-order chi connectivity index (χ1) is 8.96. The second-order valence-corrected chi connectivity index (χ2v) is 6.71. The summed E-state index contributed by atoms with van der Waals surface area (Å²) in [4.78, 5) is 0. The van der Waals surface area contributed by atoms with Gasteiger partial charge >= 0.3 is 0 Å².